The molecule has 1 N–H and O–H groups in total. The zero-order chi connectivity index (χ0) is 10.8. The van der Waals surface area contributed by atoms with E-state index in [2.05, 4.69) is 17.2 Å². The summed E-state index contributed by atoms with van der Waals surface area (Å²) in [6.07, 6.45) is 0. The van der Waals surface area contributed by atoms with Crippen molar-refractivity contribution in [1.29, 1.82) is 0 Å². The number of thioether (sulfide) groups is 1. The lowest BCUT2D eigenvalue weighted by Crippen LogP contribution is -2.06. The zero-order valence-corrected chi connectivity index (χ0v) is 9.70. The van der Waals surface area contributed by atoms with Gasteiger partial charge in [-0.2, -0.15) is 0 Å². The van der Waals surface area contributed by atoms with Crippen LogP contribution in [0.5, 0.6) is 0 Å². The van der Waals surface area contributed by atoms with E-state index in [4.69, 9.17) is 11.6 Å². The summed E-state index contributed by atoms with van der Waals surface area (Å²) in [4.78, 5) is 4.27. The highest BCUT2D eigenvalue weighted by atomic mass is 35.5. The number of nitrogens with zero attached hydrogens (tertiary/aromatic N) is 1. The summed E-state index contributed by atoms with van der Waals surface area (Å²) < 4.78 is 13.0. The standard InChI is InChI=1S/C10H10ClFN2S/c1-6-5-13-10(15-6)14-9-4-7(12)2-3-8(9)11/h2-4,6H,5H2,1H3,(H,13,14). The normalized spacial score (nSPS) is 20.2. The minimum absolute atomic E-state index is 0.307. The van der Waals surface area contributed by atoms with Crippen LogP contribution in [0.2, 0.25) is 5.02 Å². The van der Waals surface area contributed by atoms with E-state index >= 15 is 0 Å². The Kier molecular flexibility index (Phi) is 3.17. The van der Waals surface area contributed by atoms with Gasteiger partial charge in [-0.25, -0.2) is 4.39 Å². The molecule has 0 spiro atoms. The van der Waals surface area contributed by atoms with Crippen LogP contribution in [0, 0.1) is 5.82 Å². The third-order valence-electron chi connectivity index (χ3n) is 1.97. The predicted octanol–water partition coefficient (Wildman–Crippen LogP) is 3.38. The smallest absolute Gasteiger partial charge is 0.161 e. The fourth-order valence-corrected chi connectivity index (χ4v) is 2.27. The lowest BCUT2D eigenvalue weighted by atomic mass is 10.3. The second-order valence-electron chi connectivity index (χ2n) is 3.32. The molecule has 0 fully saturated rings. The first-order chi connectivity index (χ1) is 7.15. The Balaban J connectivity index is 2.14. The van der Waals surface area contributed by atoms with E-state index in [0.29, 0.717) is 16.0 Å². The highest BCUT2D eigenvalue weighted by Crippen LogP contribution is 2.26. The van der Waals surface area contributed by atoms with E-state index < -0.39 is 0 Å². The molecule has 1 atom stereocenters. The van der Waals surface area contributed by atoms with Crippen molar-refractivity contribution in [3.8, 4) is 0 Å². The molecule has 1 aromatic rings. The van der Waals surface area contributed by atoms with Crippen molar-refractivity contribution in [1.82, 2.24) is 0 Å². The molecular weight excluding hydrogens is 235 g/mol. The van der Waals surface area contributed by atoms with Crippen LogP contribution in [-0.2, 0) is 0 Å². The number of halogens is 2. The molecule has 1 aliphatic heterocycles. The van der Waals surface area contributed by atoms with Gasteiger partial charge >= 0.3 is 0 Å². The third kappa shape index (κ3) is 2.63. The van der Waals surface area contributed by atoms with Crippen LogP contribution < -0.4 is 5.32 Å². The topological polar surface area (TPSA) is 24.4 Å². The molecule has 0 aromatic heterocycles. The molecule has 0 aliphatic carbocycles. The Bertz CT molecular complexity index is 408. The van der Waals surface area contributed by atoms with Gasteiger partial charge in [0.1, 0.15) is 5.82 Å². The lowest BCUT2D eigenvalue weighted by molar-refractivity contribution is 0.628. The molecule has 0 saturated heterocycles. The van der Waals surface area contributed by atoms with Gasteiger partial charge < -0.3 is 5.32 Å². The van der Waals surface area contributed by atoms with E-state index in [9.17, 15) is 4.39 Å². The second-order valence-corrected chi connectivity index (χ2v) is 5.16. The molecule has 2 rings (SSSR count). The molecule has 1 aromatic carbocycles. The SMILES string of the molecule is CC1CN=C(Nc2cc(F)ccc2Cl)S1. The number of aliphatic imine (C=N–C) groups is 1. The van der Waals surface area contributed by atoms with E-state index in [1.807, 2.05) is 0 Å². The third-order valence-corrected chi connectivity index (χ3v) is 3.31. The summed E-state index contributed by atoms with van der Waals surface area (Å²) in [5.41, 5.74) is 0.567. The van der Waals surface area contributed by atoms with Gasteiger partial charge in [-0.05, 0) is 18.2 Å². The molecule has 1 unspecified atom stereocenters. The van der Waals surface area contributed by atoms with Gasteiger partial charge in [0.15, 0.2) is 5.17 Å². The van der Waals surface area contributed by atoms with Gasteiger partial charge in [-0.1, -0.05) is 30.3 Å². The lowest BCUT2D eigenvalue weighted by Gasteiger charge is -2.07. The van der Waals surface area contributed by atoms with E-state index in [0.717, 1.165) is 11.7 Å². The summed E-state index contributed by atoms with van der Waals surface area (Å²) in [7, 11) is 0. The van der Waals surface area contributed by atoms with Crippen molar-refractivity contribution < 1.29 is 4.39 Å². The Morgan fingerprint density at radius 1 is 1.60 bits per heavy atom. The highest BCUT2D eigenvalue weighted by Gasteiger charge is 2.15. The number of nitrogens with one attached hydrogen (secondary N) is 1. The molecule has 1 aliphatic rings. The molecule has 0 saturated carbocycles. The van der Waals surface area contributed by atoms with E-state index in [1.54, 1.807) is 11.8 Å². The maximum absolute atomic E-state index is 13.0. The molecule has 0 bridgehead atoms. The van der Waals surface area contributed by atoms with Crippen molar-refractivity contribution in [2.75, 3.05) is 11.9 Å². The molecule has 80 valence electrons. The molecular formula is C10H10ClFN2S. The second kappa shape index (κ2) is 4.41. The molecule has 0 amide bonds. The largest absolute Gasteiger partial charge is 0.334 e. The Labute approximate surface area is 96.9 Å². The minimum Gasteiger partial charge on any atom is -0.334 e. The van der Waals surface area contributed by atoms with Crippen LogP contribution in [0.4, 0.5) is 10.1 Å². The van der Waals surface area contributed by atoms with Gasteiger partial charge in [0.2, 0.25) is 0 Å². The van der Waals surface area contributed by atoms with E-state index in [1.165, 1.54) is 18.2 Å². The fraction of sp³-hybridized carbons (Fsp3) is 0.300. The van der Waals surface area contributed by atoms with Crippen LogP contribution in [-0.4, -0.2) is 17.0 Å². The van der Waals surface area contributed by atoms with Crippen LogP contribution >= 0.6 is 23.4 Å². The Hall–Kier alpha value is -0.740. The van der Waals surface area contributed by atoms with Crippen LogP contribution in [0.3, 0.4) is 0 Å². The molecule has 2 nitrogen and oxygen atoms in total. The molecule has 5 heteroatoms. The molecule has 1 heterocycles. The van der Waals surface area contributed by atoms with Crippen molar-refractivity contribution in [3.05, 3.63) is 29.0 Å². The van der Waals surface area contributed by atoms with E-state index in [-0.39, 0.29) is 5.82 Å². The maximum atomic E-state index is 13.0. The number of amidine groups is 1. The zero-order valence-electron chi connectivity index (χ0n) is 8.13. The Morgan fingerprint density at radius 2 is 2.40 bits per heavy atom. The number of hydrogen-bond donors (Lipinski definition) is 1. The van der Waals surface area contributed by atoms with Gasteiger partial charge in [0.25, 0.3) is 0 Å². The maximum Gasteiger partial charge on any atom is 0.161 e. The average Bonchev–Trinajstić information content (AvgIpc) is 2.58. The summed E-state index contributed by atoms with van der Waals surface area (Å²) in [6, 6.07) is 4.23. The van der Waals surface area contributed by atoms with Crippen LogP contribution in [0.1, 0.15) is 6.92 Å². The van der Waals surface area contributed by atoms with Crippen molar-refractivity contribution in [2.24, 2.45) is 4.99 Å². The van der Waals surface area contributed by atoms with Crippen LogP contribution in [0.15, 0.2) is 23.2 Å². The highest BCUT2D eigenvalue weighted by molar-refractivity contribution is 8.15. The molecule has 0 radical (unpaired) electrons. The van der Waals surface area contributed by atoms with Crippen LogP contribution in [0.25, 0.3) is 0 Å². The van der Waals surface area contributed by atoms with Gasteiger partial charge in [0, 0.05) is 5.25 Å². The first-order valence-electron chi connectivity index (χ1n) is 4.58. The fourth-order valence-electron chi connectivity index (χ4n) is 1.25. The minimum atomic E-state index is -0.307. The first-order valence-corrected chi connectivity index (χ1v) is 5.84. The monoisotopic (exact) mass is 244 g/mol. The van der Waals surface area contributed by atoms with Gasteiger partial charge in [0.05, 0.1) is 17.3 Å². The average molecular weight is 245 g/mol. The molecule has 15 heavy (non-hydrogen) atoms. The summed E-state index contributed by atoms with van der Waals surface area (Å²) in [5.74, 6) is -0.307. The number of hydrogen-bond acceptors (Lipinski definition) is 3. The predicted molar refractivity (Wildman–Crippen MR) is 64.4 cm³/mol. The first kappa shape index (κ1) is 10.8. The summed E-state index contributed by atoms with van der Waals surface area (Å²) in [5, 5.41) is 4.79. The van der Waals surface area contributed by atoms with Crippen molar-refractivity contribution in [2.45, 2.75) is 12.2 Å². The summed E-state index contributed by atoms with van der Waals surface area (Å²) in [6.45, 7) is 2.88. The summed E-state index contributed by atoms with van der Waals surface area (Å²) >= 11 is 7.55. The number of anilines is 1. The van der Waals surface area contributed by atoms with Gasteiger partial charge in [-0.15, -0.1) is 0 Å². The van der Waals surface area contributed by atoms with Crippen molar-refractivity contribution >= 4 is 34.2 Å². The Morgan fingerprint density at radius 3 is 3.07 bits per heavy atom. The quantitative estimate of drug-likeness (QED) is 0.819. The number of rotatable bonds is 1. The number of benzene rings is 1. The van der Waals surface area contributed by atoms with Crippen molar-refractivity contribution in [3.63, 3.8) is 0 Å². The van der Waals surface area contributed by atoms with Gasteiger partial charge in [-0.3, -0.25) is 4.99 Å².